The van der Waals surface area contributed by atoms with Gasteiger partial charge in [-0.3, -0.25) is 4.79 Å². The SMILES string of the molecule is NCCCC(=O)Cc1ccnc(N)c1. The second kappa shape index (κ2) is 5.34. The fraction of sp³-hybridized carbons (Fsp3) is 0.400. The number of Topliss-reactive ketones (excluding diaryl/α,β-unsaturated/α-hetero) is 1. The van der Waals surface area contributed by atoms with E-state index in [0.29, 0.717) is 25.2 Å². The Balaban J connectivity index is 2.47. The van der Waals surface area contributed by atoms with Crippen molar-refractivity contribution in [3.05, 3.63) is 23.9 Å². The van der Waals surface area contributed by atoms with Gasteiger partial charge in [0.15, 0.2) is 0 Å². The molecule has 0 radical (unpaired) electrons. The predicted molar refractivity (Wildman–Crippen MR) is 55.6 cm³/mol. The van der Waals surface area contributed by atoms with E-state index in [1.165, 1.54) is 0 Å². The van der Waals surface area contributed by atoms with Gasteiger partial charge >= 0.3 is 0 Å². The highest BCUT2D eigenvalue weighted by Gasteiger charge is 2.03. The lowest BCUT2D eigenvalue weighted by atomic mass is 10.1. The van der Waals surface area contributed by atoms with Crippen molar-refractivity contribution in [1.82, 2.24) is 4.98 Å². The Labute approximate surface area is 83.3 Å². The molecule has 0 fully saturated rings. The molecule has 1 aromatic heterocycles. The Hall–Kier alpha value is -1.42. The van der Waals surface area contributed by atoms with Gasteiger partial charge in [-0.2, -0.15) is 0 Å². The average molecular weight is 193 g/mol. The van der Waals surface area contributed by atoms with Crippen molar-refractivity contribution in [2.45, 2.75) is 19.3 Å². The van der Waals surface area contributed by atoms with E-state index in [1.807, 2.05) is 0 Å². The van der Waals surface area contributed by atoms with Crippen LogP contribution >= 0.6 is 0 Å². The smallest absolute Gasteiger partial charge is 0.137 e. The summed E-state index contributed by atoms with van der Waals surface area (Å²) in [6.07, 6.45) is 3.33. The van der Waals surface area contributed by atoms with E-state index in [9.17, 15) is 4.79 Å². The van der Waals surface area contributed by atoms with Gasteiger partial charge in [0, 0.05) is 19.0 Å². The van der Waals surface area contributed by atoms with Crippen LogP contribution < -0.4 is 11.5 Å². The van der Waals surface area contributed by atoms with Crippen molar-refractivity contribution in [2.75, 3.05) is 12.3 Å². The van der Waals surface area contributed by atoms with Crippen molar-refractivity contribution >= 4 is 11.6 Å². The third kappa shape index (κ3) is 3.53. The van der Waals surface area contributed by atoms with Crippen LogP contribution in [-0.4, -0.2) is 17.3 Å². The molecule has 0 aromatic carbocycles. The molecular formula is C10H15N3O. The van der Waals surface area contributed by atoms with Crippen molar-refractivity contribution in [3.8, 4) is 0 Å². The van der Waals surface area contributed by atoms with Gasteiger partial charge in [0.25, 0.3) is 0 Å². The summed E-state index contributed by atoms with van der Waals surface area (Å²) in [4.78, 5) is 15.2. The average Bonchev–Trinajstić information content (AvgIpc) is 2.15. The molecule has 0 unspecified atom stereocenters. The molecular weight excluding hydrogens is 178 g/mol. The Morgan fingerprint density at radius 3 is 2.93 bits per heavy atom. The van der Waals surface area contributed by atoms with Crippen LogP contribution in [0.3, 0.4) is 0 Å². The molecule has 4 heteroatoms. The van der Waals surface area contributed by atoms with Gasteiger partial charge in [0.1, 0.15) is 11.6 Å². The lowest BCUT2D eigenvalue weighted by Crippen LogP contribution is -2.07. The second-order valence-corrected chi connectivity index (χ2v) is 3.20. The number of nitrogen functional groups attached to an aromatic ring is 1. The molecule has 1 aromatic rings. The minimum Gasteiger partial charge on any atom is -0.384 e. The number of anilines is 1. The molecule has 4 N–H and O–H groups in total. The highest BCUT2D eigenvalue weighted by atomic mass is 16.1. The summed E-state index contributed by atoms with van der Waals surface area (Å²) in [6.45, 7) is 0.560. The summed E-state index contributed by atoms with van der Waals surface area (Å²) in [5, 5.41) is 0. The maximum absolute atomic E-state index is 11.4. The molecule has 0 saturated carbocycles. The first-order valence-electron chi connectivity index (χ1n) is 4.64. The normalized spacial score (nSPS) is 10.1. The maximum atomic E-state index is 11.4. The summed E-state index contributed by atoms with van der Waals surface area (Å²) < 4.78 is 0. The van der Waals surface area contributed by atoms with Crippen LogP contribution in [0.25, 0.3) is 0 Å². The van der Waals surface area contributed by atoms with Gasteiger partial charge < -0.3 is 11.5 Å². The van der Waals surface area contributed by atoms with E-state index in [2.05, 4.69) is 4.98 Å². The van der Waals surface area contributed by atoms with Crippen LogP contribution in [0.2, 0.25) is 0 Å². The van der Waals surface area contributed by atoms with Gasteiger partial charge in [0.2, 0.25) is 0 Å². The highest BCUT2D eigenvalue weighted by Crippen LogP contribution is 2.05. The van der Waals surface area contributed by atoms with Crippen LogP contribution in [0.4, 0.5) is 5.82 Å². The highest BCUT2D eigenvalue weighted by molar-refractivity contribution is 5.80. The number of aromatic nitrogens is 1. The van der Waals surface area contributed by atoms with Crippen molar-refractivity contribution < 1.29 is 4.79 Å². The van der Waals surface area contributed by atoms with Gasteiger partial charge in [-0.15, -0.1) is 0 Å². The molecule has 0 spiro atoms. The minimum absolute atomic E-state index is 0.195. The number of pyridine rings is 1. The van der Waals surface area contributed by atoms with Gasteiger partial charge in [-0.25, -0.2) is 4.98 Å². The number of nitrogens with zero attached hydrogens (tertiary/aromatic N) is 1. The van der Waals surface area contributed by atoms with Gasteiger partial charge in [0.05, 0.1) is 0 Å². The van der Waals surface area contributed by atoms with Crippen LogP contribution in [0.1, 0.15) is 18.4 Å². The Kier molecular flexibility index (Phi) is 4.07. The van der Waals surface area contributed by atoms with Gasteiger partial charge in [-0.1, -0.05) is 0 Å². The molecule has 14 heavy (non-hydrogen) atoms. The van der Waals surface area contributed by atoms with Crippen molar-refractivity contribution in [1.29, 1.82) is 0 Å². The zero-order valence-electron chi connectivity index (χ0n) is 8.07. The van der Waals surface area contributed by atoms with E-state index in [4.69, 9.17) is 11.5 Å². The fourth-order valence-corrected chi connectivity index (χ4v) is 1.22. The quantitative estimate of drug-likeness (QED) is 0.714. The maximum Gasteiger partial charge on any atom is 0.137 e. The van der Waals surface area contributed by atoms with E-state index in [1.54, 1.807) is 18.3 Å². The number of ketones is 1. The third-order valence-corrected chi connectivity index (χ3v) is 1.91. The molecule has 0 bridgehead atoms. The first-order chi connectivity index (χ1) is 6.72. The Morgan fingerprint density at radius 1 is 1.50 bits per heavy atom. The van der Waals surface area contributed by atoms with E-state index < -0.39 is 0 Å². The summed E-state index contributed by atoms with van der Waals surface area (Å²) in [6, 6.07) is 3.52. The number of hydrogen-bond acceptors (Lipinski definition) is 4. The monoisotopic (exact) mass is 193 g/mol. The van der Waals surface area contributed by atoms with Crippen LogP contribution in [0, 0.1) is 0 Å². The Bertz CT molecular complexity index is 312. The summed E-state index contributed by atoms with van der Waals surface area (Å²) >= 11 is 0. The zero-order chi connectivity index (χ0) is 10.4. The molecule has 0 amide bonds. The number of nitrogens with two attached hydrogens (primary N) is 2. The topological polar surface area (TPSA) is 82.0 Å². The molecule has 0 saturated heterocycles. The summed E-state index contributed by atoms with van der Waals surface area (Å²) in [5.41, 5.74) is 11.7. The summed E-state index contributed by atoms with van der Waals surface area (Å²) in [7, 11) is 0. The molecule has 1 heterocycles. The van der Waals surface area contributed by atoms with Crippen LogP contribution in [0.15, 0.2) is 18.3 Å². The van der Waals surface area contributed by atoms with Crippen molar-refractivity contribution in [2.24, 2.45) is 5.73 Å². The predicted octanol–water partition coefficient (Wildman–Crippen LogP) is 0.514. The zero-order valence-corrected chi connectivity index (χ0v) is 8.07. The number of rotatable bonds is 5. The lowest BCUT2D eigenvalue weighted by molar-refractivity contribution is -0.118. The molecule has 4 nitrogen and oxygen atoms in total. The molecule has 76 valence electrons. The van der Waals surface area contributed by atoms with Crippen LogP contribution in [0.5, 0.6) is 0 Å². The second-order valence-electron chi connectivity index (χ2n) is 3.20. The standard InChI is InChI=1S/C10H15N3O/c11-4-1-2-9(14)6-8-3-5-13-10(12)7-8/h3,5,7H,1-2,4,6,11H2,(H2,12,13). The third-order valence-electron chi connectivity index (χ3n) is 1.91. The molecule has 0 aliphatic rings. The number of carbonyl (C=O) groups excluding carboxylic acids is 1. The van der Waals surface area contributed by atoms with E-state index in [-0.39, 0.29) is 5.78 Å². The molecule has 0 aliphatic carbocycles. The largest absolute Gasteiger partial charge is 0.384 e. The van der Waals surface area contributed by atoms with E-state index in [0.717, 1.165) is 12.0 Å². The fourth-order valence-electron chi connectivity index (χ4n) is 1.22. The molecule has 1 rings (SSSR count). The Morgan fingerprint density at radius 2 is 2.29 bits per heavy atom. The van der Waals surface area contributed by atoms with Crippen molar-refractivity contribution in [3.63, 3.8) is 0 Å². The molecule has 0 atom stereocenters. The van der Waals surface area contributed by atoms with Gasteiger partial charge in [-0.05, 0) is 30.7 Å². The van der Waals surface area contributed by atoms with E-state index >= 15 is 0 Å². The first-order valence-corrected chi connectivity index (χ1v) is 4.64. The van der Waals surface area contributed by atoms with Crippen LogP contribution in [-0.2, 0) is 11.2 Å². The summed E-state index contributed by atoms with van der Waals surface area (Å²) in [5.74, 6) is 0.648. The first kappa shape index (κ1) is 10.7. The number of hydrogen-bond donors (Lipinski definition) is 2. The lowest BCUT2D eigenvalue weighted by Gasteiger charge is -2.00. The molecule has 0 aliphatic heterocycles. The minimum atomic E-state index is 0.195. The number of carbonyl (C=O) groups is 1.